The molecule has 1 fully saturated rings. The largest absolute Gasteiger partial charge is 0.356 e. The molecule has 21 heavy (non-hydrogen) atoms. The van der Waals surface area contributed by atoms with E-state index in [1.807, 2.05) is 25.1 Å². The van der Waals surface area contributed by atoms with E-state index in [9.17, 15) is 8.42 Å². The van der Waals surface area contributed by atoms with Crippen LogP contribution in [0.1, 0.15) is 18.4 Å². The highest BCUT2D eigenvalue weighted by Gasteiger charge is 2.28. The topological polar surface area (TPSA) is 89.2 Å². The van der Waals surface area contributed by atoms with E-state index in [0.29, 0.717) is 25.9 Å². The molecule has 3 rings (SSSR count). The normalized spacial score (nSPS) is 17.3. The maximum absolute atomic E-state index is 11.4. The van der Waals surface area contributed by atoms with Crippen LogP contribution in [0.2, 0.25) is 0 Å². The van der Waals surface area contributed by atoms with E-state index in [-0.39, 0.29) is 0 Å². The first-order valence-corrected chi connectivity index (χ1v) is 8.54. The second kappa shape index (κ2) is 5.23. The molecular weight excluding hydrogens is 288 g/mol. The molecule has 0 amide bonds. The van der Waals surface area contributed by atoms with Gasteiger partial charge in [-0.05, 0) is 31.4 Å². The molecular formula is C14H18N4O2S. The highest BCUT2D eigenvalue weighted by Crippen LogP contribution is 2.28. The number of piperidine rings is 1. The fourth-order valence-corrected chi connectivity index (χ4v) is 3.76. The smallest absolute Gasteiger partial charge is 0.212 e. The lowest BCUT2D eigenvalue weighted by molar-refractivity contribution is 0.529. The molecule has 1 aromatic heterocycles. The van der Waals surface area contributed by atoms with Crippen molar-refractivity contribution in [2.45, 2.75) is 25.0 Å². The van der Waals surface area contributed by atoms with E-state index in [0.717, 1.165) is 22.3 Å². The summed E-state index contributed by atoms with van der Waals surface area (Å²) in [6.45, 7) is 3.31. The second-order valence-electron chi connectivity index (χ2n) is 5.44. The Balaban J connectivity index is 1.93. The van der Waals surface area contributed by atoms with Crippen LogP contribution in [0, 0.1) is 6.92 Å². The van der Waals surface area contributed by atoms with E-state index in [4.69, 9.17) is 5.14 Å². The average molecular weight is 306 g/mol. The van der Waals surface area contributed by atoms with Crippen LogP contribution in [-0.2, 0) is 10.0 Å². The molecule has 0 saturated carbocycles. The minimum Gasteiger partial charge on any atom is -0.356 e. The van der Waals surface area contributed by atoms with Gasteiger partial charge in [0, 0.05) is 18.5 Å². The van der Waals surface area contributed by atoms with Crippen molar-refractivity contribution in [3.63, 3.8) is 0 Å². The Labute approximate surface area is 124 Å². The number of benzene rings is 1. The number of nitrogens with zero attached hydrogens (tertiary/aromatic N) is 3. The summed E-state index contributed by atoms with van der Waals surface area (Å²) in [5, 5.41) is 5.83. The van der Waals surface area contributed by atoms with Crippen molar-refractivity contribution in [3.8, 4) is 0 Å². The van der Waals surface area contributed by atoms with Crippen LogP contribution >= 0.6 is 0 Å². The van der Waals surface area contributed by atoms with E-state index < -0.39 is 15.3 Å². The lowest BCUT2D eigenvalue weighted by Gasteiger charge is -2.32. The summed E-state index contributed by atoms with van der Waals surface area (Å²) in [4.78, 5) is 10.8. The van der Waals surface area contributed by atoms with Crippen molar-refractivity contribution in [1.29, 1.82) is 0 Å². The minimum absolute atomic E-state index is 0.442. The van der Waals surface area contributed by atoms with Crippen LogP contribution in [0.5, 0.6) is 0 Å². The molecule has 2 N–H and O–H groups in total. The van der Waals surface area contributed by atoms with Gasteiger partial charge in [-0.3, -0.25) is 0 Å². The number of fused-ring (bicyclic) bond motifs is 1. The fraction of sp³-hybridized carbons (Fsp3) is 0.429. The molecule has 7 heteroatoms. The van der Waals surface area contributed by atoms with E-state index in [2.05, 4.69) is 14.9 Å². The Hall–Kier alpha value is -1.73. The molecule has 0 spiro atoms. The van der Waals surface area contributed by atoms with Gasteiger partial charge < -0.3 is 4.90 Å². The van der Waals surface area contributed by atoms with Crippen LogP contribution in [0.15, 0.2) is 24.5 Å². The molecule has 2 aromatic rings. The maximum Gasteiger partial charge on any atom is 0.212 e. The Morgan fingerprint density at radius 3 is 2.62 bits per heavy atom. The third-order valence-electron chi connectivity index (χ3n) is 4.06. The van der Waals surface area contributed by atoms with E-state index in [1.54, 1.807) is 6.33 Å². The van der Waals surface area contributed by atoms with Crippen LogP contribution in [0.25, 0.3) is 10.9 Å². The second-order valence-corrected chi connectivity index (χ2v) is 7.29. The molecule has 2 heterocycles. The van der Waals surface area contributed by atoms with Crippen molar-refractivity contribution >= 4 is 26.7 Å². The third-order valence-corrected chi connectivity index (χ3v) is 5.46. The zero-order chi connectivity index (χ0) is 15.0. The monoisotopic (exact) mass is 306 g/mol. The first kappa shape index (κ1) is 14.2. The first-order valence-electron chi connectivity index (χ1n) is 6.93. The Morgan fingerprint density at radius 1 is 1.24 bits per heavy atom. The minimum atomic E-state index is -3.44. The molecule has 0 aliphatic carbocycles. The van der Waals surface area contributed by atoms with Crippen LogP contribution < -0.4 is 10.0 Å². The summed E-state index contributed by atoms with van der Waals surface area (Å²) < 4.78 is 22.9. The Bertz CT molecular complexity index is 762. The van der Waals surface area contributed by atoms with Gasteiger partial charge in [0.05, 0.1) is 10.8 Å². The zero-order valence-electron chi connectivity index (χ0n) is 11.9. The molecule has 6 nitrogen and oxygen atoms in total. The molecule has 0 unspecified atom stereocenters. The third kappa shape index (κ3) is 2.71. The molecule has 0 radical (unpaired) electrons. The maximum atomic E-state index is 11.4. The average Bonchev–Trinajstić information content (AvgIpc) is 2.46. The predicted octanol–water partition coefficient (Wildman–Crippen LogP) is 1.20. The van der Waals surface area contributed by atoms with Gasteiger partial charge >= 0.3 is 0 Å². The molecule has 1 aliphatic heterocycles. The van der Waals surface area contributed by atoms with Gasteiger partial charge in [0.25, 0.3) is 0 Å². The summed E-state index contributed by atoms with van der Waals surface area (Å²) in [6, 6.07) is 5.97. The summed E-state index contributed by atoms with van der Waals surface area (Å²) in [5.41, 5.74) is 2.03. The van der Waals surface area contributed by atoms with Gasteiger partial charge in [0.15, 0.2) is 0 Å². The fourth-order valence-electron chi connectivity index (χ4n) is 2.90. The van der Waals surface area contributed by atoms with Gasteiger partial charge in [0.2, 0.25) is 10.0 Å². The number of sulfonamides is 1. The van der Waals surface area contributed by atoms with Crippen molar-refractivity contribution in [2.24, 2.45) is 5.14 Å². The van der Waals surface area contributed by atoms with Gasteiger partial charge in [-0.1, -0.05) is 12.1 Å². The summed E-state index contributed by atoms with van der Waals surface area (Å²) in [5.74, 6) is 0.881. The number of aryl methyl sites for hydroxylation is 1. The van der Waals surface area contributed by atoms with E-state index >= 15 is 0 Å². The molecule has 1 aromatic carbocycles. The molecule has 1 aliphatic rings. The number of anilines is 1. The van der Waals surface area contributed by atoms with Gasteiger partial charge in [-0.2, -0.15) is 0 Å². The molecule has 0 atom stereocenters. The van der Waals surface area contributed by atoms with Gasteiger partial charge in [0.1, 0.15) is 12.1 Å². The van der Waals surface area contributed by atoms with Crippen LogP contribution in [0.3, 0.4) is 0 Å². The standard InChI is InChI=1S/C14H18N4O2S/c1-10-3-2-4-12-13(10)14(17-9-16-12)18-7-5-11(6-8-18)21(15,19)20/h2-4,9,11H,5-8H2,1H3,(H2,15,19,20). The lowest BCUT2D eigenvalue weighted by Crippen LogP contribution is -2.42. The number of hydrogen-bond acceptors (Lipinski definition) is 5. The number of hydrogen-bond donors (Lipinski definition) is 1. The zero-order valence-corrected chi connectivity index (χ0v) is 12.7. The number of nitrogens with two attached hydrogens (primary N) is 1. The number of aromatic nitrogens is 2. The Morgan fingerprint density at radius 2 is 1.95 bits per heavy atom. The first-order chi connectivity index (χ1) is 9.97. The summed E-state index contributed by atoms with van der Waals surface area (Å²) in [7, 11) is -3.44. The number of rotatable bonds is 2. The van der Waals surface area contributed by atoms with Crippen molar-refractivity contribution in [3.05, 3.63) is 30.1 Å². The van der Waals surface area contributed by atoms with Crippen molar-refractivity contribution in [1.82, 2.24) is 9.97 Å². The molecule has 0 bridgehead atoms. The van der Waals surface area contributed by atoms with Gasteiger partial charge in [-0.15, -0.1) is 0 Å². The highest BCUT2D eigenvalue weighted by molar-refractivity contribution is 7.89. The van der Waals surface area contributed by atoms with Gasteiger partial charge in [-0.25, -0.2) is 23.5 Å². The summed E-state index contributed by atoms with van der Waals surface area (Å²) >= 11 is 0. The lowest BCUT2D eigenvalue weighted by atomic mass is 10.1. The summed E-state index contributed by atoms with van der Waals surface area (Å²) in [6.07, 6.45) is 2.63. The van der Waals surface area contributed by atoms with Crippen molar-refractivity contribution in [2.75, 3.05) is 18.0 Å². The van der Waals surface area contributed by atoms with E-state index in [1.165, 1.54) is 0 Å². The predicted molar refractivity (Wildman–Crippen MR) is 82.6 cm³/mol. The molecule has 1 saturated heterocycles. The number of primary sulfonamides is 1. The van der Waals surface area contributed by atoms with Crippen LogP contribution in [-0.4, -0.2) is 36.7 Å². The highest BCUT2D eigenvalue weighted by atomic mass is 32.2. The quantitative estimate of drug-likeness (QED) is 0.900. The van der Waals surface area contributed by atoms with Crippen molar-refractivity contribution < 1.29 is 8.42 Å². The van der Waals surface area contributed by atoms with Crippen LogP contribution in [0.4, 0.5) is 5.82 Å². The Kier molecular flexibility index (Phi) is 3.54. The SMILES string of the molecule is Cc1cccc2ncnc(N3CCC(S(N)(=O)=O)CC3)c12. The molecule has 112 valence electrons.